The average molecular weight is 558 g/mol. The van der Waals surface area contributed by atoms with E-state index in [4.69, 9.17) is 4.74 Å². The first-order valence-electron chi connectivity index (χ1n) is 13.0. The molecule has 206 valence electrons. The number of fused-ring (bicyclic) bond motifs is 2. The van der Waals surface area contributed by atoms with Gasteiger partial charge in [0.2, 0.25) is 5.91 Å². The van der Waals surface area contributed by atoms with E-state index in [0.29, 0.717) is 24.2 Å². The monoisotopic (exact) mass is 557 g/mol. The van der Waals surface area contributed by atoms with Gasteiger partial charge in [0, 0.05) is 17.1 Å². The molecule has 0 fully saturated rings. The van der Waals surface area contributed by atoms with Gasteiger partial charge < -0.3 is 20.3 Å². The summed E-state index contributed by atoms with van der Waals surface area (Å²) in [5.74, 6) is -0.205. The predicted molar refractivity (Wildman–Crippen MR) is 158 cm³/mol. The van der Waals surface area contributed by atoms with E-state index < -0.39 is 23.8 Å². The molecule has 0 saturated heterocycles. The molecule has 0 spiro atoms. The SMILES string of the molecule is CC(C)(C)OC(=O)Nc1cccc(CN2C(=O)C(NC(=O)Nc3ccc4ncsc4c3)CCc3ccccc32)c1. The minimum Gasteiger partial charge on any atom is -0.444 e. The van der Waals surface area contributed by atoms with Crippen LogP contribution in [0.25, 0.3) is 10.2 Å². The third-order valence-corrected chi connectivity index (χ3v) is 7.15. The lowest BCUT2D eigenvalue weighted by Gasteiger charge is -2.27. The van der Waals surface area contributed by atoms with E-state index >= 15 is 0 Å². The van der Waals surface area contributed by atoms with Gasteiger partial charge in [-0.2, -0.15) is 0 Å². The maximum atomic E-state index is 13.8. The number of nitrogens with one attached hydrogen (secondary N) is 3. The van der Waals surface area contributed by atoms with Crippen molar-refractivity contribution in [2.24, 2.45) is 0 Å². The number of nitrogens with zero attached hydrogens (tertiary/aromatic N) is 2. The smallest absolute Gasteiger partial charge is 0.412 e. The highest BCUT2D eigenvalue weighted by Crippen LogP contribution is 2.29. The van der Waals surface area contributed by atoms with Crippen molar-refractivity contribution in [3.05, 3.63) is 83.4 Å². The second-order valence-corrected chi connectivity index (χ2v) is 11.5. The maximum absolute atomic E-state index is 13.8. The Morgan fingerprint density at radius 1 is 1.02 bits per heavy atom. The largest absolute Gasteiger partial charge is 0.444 e. The van der Waals surface area contributed by atoms with Crippen LogP contribution in [0.4, 0.5) is 26.7 Å². The number of rotatable bonds is 5. The first-order chi connectivity index (χ1) is 19.1. The summed E-state index contributed by atoms with van der Waals surface area (Å²) < 4.78 is 6.32. The van der Waals surface area contributed by atoms with Gasteiger partial charge in [-0.25, -0.2) is 14.6 Å². The molecule has 4 aromatic rings. The Morgan fingerprint density at radius 3 is 2.65 bits per heavy atom. The first kappa shape index (κ1) is 27.1. The molecule has 9 nitrogen and oxygen atoms in total. The quantitative estimate of drug-likeness (QED) is 0.266. The standard InChI is InChI=1S/C30H31N5O4S/c1-30(2,3)39-29(38)33-21-9-6-7-19(15-21)17-35-25-10-5-4-8-20(25)11-13-24(27(35)36)34-28(37)32-22-12-14-23-26(16-22)40-18-31-23/h4-10,12,14-16,18,24H,11,13,17H2,1-3H3,(H,33,38)(H2,32,34,37). The molecule has 40 heavy (non-hydrogen) atoms. The van der Waals surface area contributed by atoms with Crippen molar-refractivity contribution in [3.63, 3.8) is 0 Å². The van der Waals surface area contributed by atoms with E-state index in [1.54, 1.807) is 43.3 Å². The van der Waals surface area contributed by atoms with Crippen LogP contribution in [-0.2, 0) is 22.5 Å². The van der Waals surface area contributed by atoms with Gasteiger partial charge in [0.25, 0.3) is 0 Å². The molecule has 0 radical (unpaired) electrons. The van der Waals surface area contributed by atoms with Gasteiger partial charge in [0.15, 0.2) is 0 Å². The summed E-state index contributed by atoms with van der Waals surface area (Å²) in [7, 11) is 0. The molecule has 1 atom stereocenters. The fourth-order valence-electron chi connectivity index (χ4n) is 4.62. The Balaban J connectivity index is 1.32. The second kappa shape index (κ2) is 11.4. The van der Waals surface area contributed by atoms with Crippen molar-refractivity contribution in [2.75, 3.05) is 15.5 Å². The third kappa shape index (κ3) is 6.58. The maximum Gasteiger partial charge on any atom is 0.412 e. The summed E-state index contributed by atoms with van der Waals surface area (Å²) in [4.78, 5) is 45.0. The Kier molecular flexibility index (Phi) is 7.70. The number of aromatic nitrogens is 1. The number of benzene rings is 3. The van der Waals surface area contributed by atoms with Crippen LogP contribution in [0.5, 0.6) is 0 Å². The van der Waals surface area contributed by atoms with Gasteiger partial charge in [-0.1, -0.05) is 30.3 Å². The molecule has 1 aliphatic rings. The van der Waals surface area contributed by atoms with Crippen molar-refractivity contribution in [2.45, 2.75) is 51.8 Å². The van der Waals surface area contributed by atoms with Gasteiger partial charge in [-0.3, -0.25) is 10.1 Å². The Morgan fingerprint density at radius 2 is 1.82 bits per heavy atom. The predicted octanol–water partition coefficient (Wildman–Crippen LogP) is 6.31. The number of carbonyl (C=O) groups is 3. The summed E-state index contributed by atoms with van der Waals surface area (Å²) in [6.45, 7) is 5.67. The minimum absolute atomic E-state index is 0.205. The lowest BCUT2D eigenvalue weighted by molar-refractivity contribution is -0.120. The summed E-state index contributed by atoms with van der Waals surface area (Å²) in [6.07, 6.45) is 0.551. The van der Waals surface area contributed by atoms with Crippen LogP contribution in [0.1, 0.15) is 38.3 Å². The van der Waals surface area contributed by atoms with Crippen molar-refractivity contribution in [1.29, 1.82) is 0 Å². The number of carbonyl (C=O) groups excluding carboxylic acids is 3. The highest BCUT2D eigenvalue weighted by atomic mass is 32.1. The van der Waals surface area contributed by atoms with Gasteiger partial charge in [0.1, 0.15) is 11.6 Å². The van der Waals surface area contributed by atoms with Crippen molar-refractivity contribution < 1.29 is 19.1 Å². The molecular formula is C30H31N5O4S. The zero-order chi connectivity index (χ0) is 28.3. The molecule has 3 aromatic carbocycles. The molecule has 2 heterocycles. The van der Waals surface area contributed by atoms with Gasteiger partial charge in [0.05, 0.1) is 22.3 Å². The van der Waals surface area contributed by atoms with E-state index in [-0.39, 0.29) is 12.5 Å². The summed E-state index contributed by atoms with van der Waals surface area (Å²) in [5.41, 5.74) is 5.85. The Bertz CT molecular complexity index is 1560. The van der Waals surface area contributed by atoms with E-state index in [2.05, 4.69) is 20.9 Å². The Labute approximate surface area is 236 Å². The lowest BCUT2D eigenvalue weighted by atomic mass is 10.1. The minimum atomic E-state index is -0.720. The number of anilines is 3. The first-order valence-corrected chi connectivity index (χ1v) is 13.9. The number of hydrogen-bond acceptors (Lipinski definition) is 6. The van der Waals surface area contributed by atoms with Gasteiger partial charge in [-0.15, -0.1) is 11.3 Å². The van der Waals surface area contributed by atoms with Crippen LogP contribution in [0.3, 0.4) is 0 Å². The van der Waals surface area contributed by atoms with Crippen LogP contribution in [-0.4, -0.2) is 34.7 Å². The van der Waals surface area contributed by atoms with Crippen molar-refractivity contribution in [3.8, 4) is 0 Å². The molecule has 5 rings (SSSR count). The molecule has 1 aliphatic heterocycles. The molecule has 0 bridgehead atoms. The van der Waals surface area contributed by atoms with Crippen molar-refractivity contribution in [1.82, 2.24) is 10.3 Å². The van der Waals surface area contributed by atoms with Gasteiger partial charge in [-0.05, 0) is 81.1 Å². The van der Waals surface area contributed by atoms with Gasteiger partial charge >= 0.3 is 12.1 Å². The zero-order valence-corrected chi connectivity index (χ0v) is 23.4. The average Bonchev–Trinajstić information content (AvgIpc) is 3.32. The second-order valence-electron chi connectivity index (χ2n) is 10.6. The summed E-state index contributed by atoms with van der Waals surface area (Å²) in [6, 6.07) is 19.4. The number of thiazole rings is 1. The number of amides is 4. The zero-order valence-electron chi connectivity index (χ0n) is 22.6. The summed E-state index contributed by atoms with van der Waals surface area (Å²) >= 11 is 1.49. The van der Waals surface area contributed by atoms with E-state index in [1.165, 1.54) is 11.3 Å². The number of aryl methyl sites for hydroxylation is 1. The number of hydrogen-bond donors (Lipinski definition) is 3. The molecule has 1 aromatic heterocycles. The molecular weight excluding hydrogens is 526 g/mol. The normalized spacial score (nSPS) is 15.2. The molecule has 4 amide bonds. The number of ether oxygens (including phenoxy) is 1. The van der Waals surface area contributed by atoms with Crippen LogP contribution < -0.4 is 20.9 Å². The van der Waals surface area contributed by atoms with Crippen LogP contribution >= 0.6 is 11.3 Å². The number of para-hydroxylation sites is 1. The lowest BCUT2D eigenvalue weighted by Crippen LogP contribution is -2.49. The molecule has 10 heteroatoms. The van der Waals surface area contributed by atoms with E-state index in [1.807, 2.05) is 54.6 Å². The summed E-state index contributed by atoms with van der Waals surface area (Å²) in [5, 5.41) is 8.48. The van der Waals surface area contributed by atoms with Crippen molar-refractivity contribution >= 4 is 56.6 Å². The highest BCUT2D eigenvalue weighted by molar-refractivity contribution is 7.16. The molecule has 1 unspecified atom stereocenters. The Hall–Kier alpha value is -4.44. The topological polar surface area (TPSA) is 113 Å². The molecule has 0 aliphatic carbocycles. The van der Waals surface area contributed by atoms with E-state index in [0.717, 1.165) is 27.0 Å². The van der Waals surface area contributed by atoms with Crippen LogP contribution in [0.2, 0.25) is 0 Å². The molecule has 0 saturated carbocycles. The molecule has 3 N–H and O–H groups in total. The highest BCUT2D eigenvalue weighted by Gasteiger charge is 2.31. The van der Waals surface area contributed by atoms with Crippen LogP contribution in [0, 0.1) is 0 Å². The van der Waals surface area contributed by atoms with Crippen LogP contribution in [0.15, 0.2) is 72.2 Å². The van der Waals surface area contributed by atoms with E-state index in [9.17, 15) is 14.4 Å². The third-order valence-electron chi connectivity index (χ3n) is 6.36. The number of urea groups is 1. The fraction of sp³-hybridized carbons (Fsp3) is 0.267. The fourth-order valence-corrected chi connectivity index (χ4v) is 5.34.